The molecule has 5 heteroatoms. The molecule has 0 aromatic carbocycles. The average Bonchev–Trinajstić information content (AvgIpc) is 2.98. The van der Waals surface area contributed by atoms with E-state index in [1.807, 2.05) is 7.05 Å². The Hall–Kier alpha value is -1.10. The second-order valence-corrected chi connectivity index (χ2v) is 4.26. The number of hydrogen-bond acceptors (Lipinski definition) is 2. The van der Waals surface area contributed by atoms with Gasteiger partial charge in [0.1, 0.15) is 5.69 Å². The minimum absolute atomic E-state index is 0.0986. The molecule has 2 rings (SSSR count). The predicted molar refractivity (Wildman–Crippen MR) is 54.0 cm³/mol. The Morgan fingerprint density at radius 1 is 1.38 bits per heavy atom. The molecule has 0 aliphatic heterocycles. The molecular weight excluding hydrogens is 217 g/mol. The molecule has 1 aliphatic carbocycles. The highest BCUT2D eigenvalue weighted by Gasteiger charge is 2.41. The van der Waals surface area contributed by atoms with Crippen molar-refractivity contribution in [1.29, 1.82) is 0 Å². The van der Waals surface area contributed by atoms with E-state index >= 15 is 0 Å². The van der Waals surface area contributed by atoms with E-state index in [2.05, 4.69) is 10.3 Å². The van der Waals surface area contributed by atoms with Crippen LogP contribution in [0.1, 0.15) is 24.1 Å². The molecule has 0 unspecified atom stereocenters. The summed E-state index contributed by atoms with van der Waals surface area (Å²) in [5.74, 6) is 0. The van der Waals surface area contributed by atoms with Crippen molar-refractivity contribution < 1.29 is 13.2 Å². The largest absolute Gasteiger partial charge is 0.433 e. The molecule has 0 amide bonds. The van der Waals surface area contributed by atoms with Crippen molar-refractivity contribution in [1.82, 2.24) is 10.3 Å². The molecule has 0 radical (unpaired) electrons. The second kappa shape index (κ2) is 3.73. The van der Waals surface area contributed by atoms with Crippen LogP contribution in [-0.4, -0.2) is 17.6 Å². The Labute approximate surface area is 91.9 Å². The predicted octanol–water partition coefficient (Wildman–Crippen LogP) is 2.39. The lowest BCUT2D eigenvalue weighted by atomic mass is 10.1. The van der Waals surface area contributed by atoms with E-state index in [0.29, 0.717) is 0 Å². The van der Waals surface area contributed by atoms with Gasteiger partial charge in [-0.15, -0.1) is 0 Å². The normalized spacial score (nSPS) is 18.5. The standard InChI is InChI=1S/C11H13F3N2/c1-15-10(4-5-10)6-8-2-3-9(16-7-8)11(12,13)14/h2-3,7,15H,4-6H2,1H3. The summed E-state index contributed by atoms with van der Waals surface area (Å²) in [4.78, 5) is 3.44. The maximum Gasteiger partial charge on any atom is 0.433 e. The summed E-state index contributed by atoms with van der Waals surface area (Å²) in [7, 11) is 1.88. The third kappa shape index (κ3) is 2.35. The van der Waals surface area contributed by atoms with Crippen LogP contribution in [0.4, 0.5) is 13.2 Å². The van der Waals surface area contributed by atoms with Crippen LogP contribution in [0.15, 0.2) is 18.3 Å². The van der Waals surface area contributed by atoms with Gasteiger partial charge in [-0.1, -0.05) is 6.07 Å². The maximum absolute atomic E-state index is 12.3. The molecule has 0 saturated heterocycles. The molecule has 1 fully saturated rings. The third-order valence-corrected chi connectivity index (χ3v) is 3.04. The molecule has 0 spiro atoms. The summed E-state index contributed by atoms with van der Waals surface area (Å²) in [6, 6.07) is 2.55. The van der Waals surface area contributed by atoms with Crippen molar-refractivity contribution in [2.45, 2.75) is 31.0 Å². The van der Waals surface area contributed by atoms with Crippen LogP contribution in [0.25, 0.3) is 0 Å². The molecule has 0 atom stereocenters. The molecule has 1 heterocycles. The molecule has 1 aliphatic rings. The monoisotopic (exact) mass is 230 g/mol. The molecule has 0 bridgehead atoms. The number of rotatable bonds is 3. The van der Waals surface area contributed by atoms with Crippen molar-refractivity contribution in [3.63, 3.8) is 0 Å². The van der Waals surface area contributed by atoms with E-state index in [4.69, 9.17) is 0 Å². The lowest BCUT2D eigenvalue weighted by Crippen LogP contribution is -2.29. The van der Waals surface area contributed by atoms with Crippen LogP contribution in [0.3, 0.4) is 0 Å². The topological polar surface area (TPSA) is 24.9 Å². The van der Waals surface area contributed by atoms with Gasteiger partial charge < -0.3 is 5.32 Å². The van der Waals surface area contributed by atoms with Gasteiger partial charge in [-0.25, -0.2) is 0 Å². The van der Waals surface area contributed by atoms with E-state index in [9.17, 15) is 13.2 Å². The van der Waals surface area contributed by atoms with Gasteiger partial charge >= 0.3 is 6.18 Å². The number of hydrogen-bond donors (Lipinski definition) is 1. The first-order valence-corrected chi connectivity index (χ1v) is 5.16. The van der Waals surface area contributed by atoms with Gasteiger partial charge in [-0.3, -0.25) is 4.98 Å². The van der Waals surface area contributed by atoms with E-state index in [0.717, 1.165) is 30.9 Å². The Morgan fingerprint density at radius 2 is 2.06 bits per heavy atom. The van der Waals surface area contributed by atoms with Crippen LogP contribution in [0.5, 0.6) is 0 Å². The minimum Gasteiger partial charge on any atom is -0.314 e. The molecule has 1 aromatic heterocycles. The first kappa shape index (κ1) is 11.4. The number of nitrogens with zero attached hydrogens (tertiary/aromatic N) is 1. The van der Waals surface area contributed by atoms with E-state index in [1.165, 1.54) is 12.3 Å². The fraction of sp³-hybridized carbons (Fsp3) is 0.545. The Kier molecular flexibility index (Phi) is 2.66. The van der Waals surface area contributed by atoms with Crippen LogP contribution in [0.2, 0.25) is 0 Å². The van der Waals surface area contributed by atoms with Crippen LogP contribution < -0.4 is 5.32 Å². The Bertz CT molecular complexity index is 366. The number of alkyl halides is 3. The molecule has 2 nitrogen and oxygen atoms in total. The van der Waals surface area contributed by atoms with Gasteiger partial charge in [0, 0.05) is 11.7 Å². The zero-order valence-corrected chi connectivity index (χ0v) is 8.93. The average molecular weight is 230 g/mol. The van der Waals surface area contributed by atoms with Gasteiger partial charge in [0.15, 0.2) is 0 Å². The maximum atomic E-state index is 12.3. The number of nitrogens with one attached hydrogen (secondary N) is 1. The fourth-order valence-corrected chi connectivity index (χ4v) is 1.75. The van der Waals surface area contributed by atoms with E-state index in [-0.39, 0.29) is 5.54 Å². The first-order chi connectivity index (χ1) is 7.45. The second-order valence-electron chi connectivity index (χ2n) is 4.26. The van der Waals surface area contributed by atoms with E-state index in [1.54, 1.807) is 0 Å². The fourth-order valence-electron chi connectivity index (χ4n) is 1.75. The first-order valence-electron chi connectivity index (χ1n) is 5.16. The number of aromatic nitrogens is 1. The Morgan fingerprint density at radius 3 is 2.44 bits per heavy atom. The third-order valence-electron chi connectivity index (χ3n) is 3.04. The lowest BCUT2D eigenvalue weighted by molar-refractivity contribution is -0.141. The van der Waals surface area contributed by atoms with Crippen molar-refractivity contribution in [2.24, 2.45) is 0 Å². The molecular formula is C11H13F3N2. The van der Waals surface area contributed by atoms with E-state index < -0.39 is 11.9 Å². The van der Waals surface area contributed by atoms with Gasteiger partial charge in [0.05, 0.1) is 0 Å². The summed E-state index contributed by atoms with van der Waals surface area (Å²) in [5.41, 5.74) is 0.118. The van der Waals surface area contributed by atoms with Gasteiger partial charge in [-0.05, 0) is 37.9 Å². The minimum atomic E-state index is -4.35. The van der Waals surface area contributed by atoms with Crippen molar-refractivity contribution in [2.75, 3.05) is 7.05 Å². The van der Waals surface area contributed by atoms with Crippen molar-refractivity contribution >= 4 is 0 Å². The summed E-state index contributed by atoms with van der Waals surface area (Å²) in [5, 5.41) is 3.20. The number of pyridine rings is 1. The van der Waals surface area contributed by atoms with Crippen LogP contribution in [-0.2, 0) is 12.6 Å². The Balaban J connectivity index is 2.08. The molecule has 1 saturated carbocycles. The zero-order chi connectivity index (χ0) is 11.8. The highest BCUT2D eigenvalue weighted by molar-refractivity contribution is 5.21. The summed E-state index contributed by atoms with van der Waals surface area (Å²) >= 11 is 0. The smallest absolute Gasteiger partial charge is 0.314 e. The summed E-state index contributed by atoms with van der Waals surface area (Å²) < 4.78 is 36.8. The number of halogens is 3. The summed E-state index contributed by atoms with van der Waals surface area (Å²) in [6.45, 7) is 0. The molecule has 1 N–H and O–H groups in total. The zero-order valence-electron chi connectivity index (χ0n) is 8.93. The SMILES string of the molecule is CNC1(Cc2ccc(C(F)(F)F)nc2)CC1. The molecule has 1 aromatic rings. The van der Waals surface area contributed by atoms with Gasteiger partial charge in [-0.2, -0.15) is 13.2 Å². The lowest BCUT2D eigenvalue weighted by Gasteiger charge is -2.14. The highest BCUT2D eigenvalue weighted by Crippen LogP contribution is 2.38. The molecule has 16 heavy (non-hydrogen) atoms. The molecule has 88 valence electrons. The quantitative estimate of drug-likeness (QED) is 0.862. The van der Waals surface area contributed by atoms with Crippen molar-refractivity contribution in [3.8, 4) is 0 Å². The highest BCUT2D eigenvalue weighted by atomic mass is 19.4. The van der Waals surface area contributed by atoms with Crippen molar-refractivity contribution in [3.05, 3.63) is 29.6 Å². The van der Waals surface area contributed by atoms with Crippen LogP contribution >= 0.6 is 0 Å². The van der Waals surface area contributed by atoms with Gasteiger partial charge in [0.25, 0.3) is 0 Å². The van der Waals surface area contributed by atoms with Gasteiger partial charge in [0.2, 0.25) is 0 Å². The van der Waals surface area contributed by atoms with Crippen LogP contribution in [0, 0.1) is 0 Å². The summed E-state index contributed by atoms with van der Waals surface area (Å²) in [6.07, 6.45) is -0.136. The number of likely N-dealkylation sites (N-methyl/N-ethyl adjacent to an activating group) is 1.